The van der Waals surface area contributed by atoms with Crippen LogP contribution in [0.4, 0.5) is 15.3 Å². The predicted octanol–water partition coefficient (Wildman–Crippen LogP) is 5.92. The van der Waals surface area contributed by atoms with E-state index in [-0.39, 0.29) is 24.0 Å². The van der Waals surface area contributed by atoms with E-state index in [4.69, 9.17) is 9.47 Å². The van der Waals surface area contributed by atoms with Crippen LogP contribution in [-0.2, 0) is 16.1 Å². The third-order valence-electron chi connectivity index (χ3n) is 8.95. The van der Waals surface area contributed by atoms with Crippen LogP contribution in [0.15, 0.2) is 54.9 Å². The number of aromatic nitrogens is 2. The van der Waals surface area contributed by atoms with Crippen molar-refractivity contribution in [1.29, 1.82) is 0 Å². The Morgan fingerprint density at radius 3 is 2.40 bits per heavy atom. The number of carbonyl (C=O) groups excluding carboxylic acids is 3. The number of aromatic amines is 1. The molecule has 0 radical (unpaired) electrons. The standard InChI is InChI=1S/C38H53N7O5/c1-26-32(11-7-12-33(26)49-38(5,6)34(46)39-19-9-20-40-36(48)50-37(2,3)4)44-21-8-10-30(25-44)43-35(47)45(31-17-18-31)24-27-13-15-28(16-14-27)29-22-41-42-23-29/h7,11-16,22-23,30-31H,8-10,17-21,24-25H2,1-6H3,(H,39,46)(H,40,48)(H,41,42)(H,43,47)/t30-/m1/s1. The highest BCUT2D eigenvalue weighted by Crippen LogP contribution is 2.33. The molecule has 12 nitrogen and oxygen atoms in total. The summed E-state index contributed by atoms with van der Waals surface area (Å²) in [6, 6.07) is 14.5. The average molecular weight is 688 g/mol. The van der Waals surface area contributed by atoms with Gasteiger partial charge in [-0.25, -0.2) is 9.59 Å². The molecule has 4 N–H and O–H groups in total. The lowest BCUT2D eigenvalue weighted by atomic mass is 10.0. The Morgan fingerprint density at radius 2 is 1.72 bits per heavy atom. The van der Waals surface area contributed by atoms with E-state index in [9.17, 15) is 14.4 Å². The summed E-state index contributed by atoms with van der Waals surface area (Å²) >= 11 is 0. The van der Waals surface area contributed by atoms with Crippen molar-refractivity contribution in [3.8, 4) is 16.9 Å². The lowest BCUT2D eigenvalue weighted by molar-refractivity contribution is -0.134. The SMILES string of the molecule is Cc1c(OC(C)(C)C(=O)NCCCNC(=O)OC(C)(C)C)cccc1N1CCC[C@@H](NC(=O)N(Cc2ccc(-c3cn[nH]c3)cc2)C2CC2)C1. The first kappa shape index (κ1) is 36.5. The number of H-pyrrole nitrogens is 1. The van der Waals surface area contributed by atoms with E-state index in [1.807, 2.05) is 50.9 Å². The van der Waals surface area contributed by atoms with E-state index in [0.29, 0.717) is 38.3 Å². The first-order chi connectivity index (χ1) is 23.8. The lowest BCUT2D eigenvalue weighted by Crippen LogP contribution is -2.52. The van der Waals surface area contributed by atoms with Crippen molar-refractivity contribution in [2.24, 2.45) is 0 Å². The predicted molar refractivity (Wildman–Crippen MR) is 194 cm³/mol. The summed E-state index contributed by atoms with van der Waals surface area (Å²) < 4.78 is 11.5. The fourth-order valence-corrected chi connectivity index (χ4v) is 6.12. The van der Waals surface area contributed by atoms with Gasteiger partial charge in [-0.15, -0.1) is 0 Å². The number of alkyl carbamates (subject to hydrolysis) is 1. The van der Waals surface area contributed by atoms with Crippen LogP contribution in [0.3, 0.4) is 0 Å². The second kappa shape index (κ2) is 15.9. The van der Waals surface area contributed by atoms with Gasteiger partial charge < -0.3 is 35.2 Å². The number of nitrogens with one attached hydrogen (secondary N) is 4. The molecule has 270 valence electrons. The van der Waals surface area contributed by atoms with E-state index in [1.165, 1.54) is 0 Å². The second-order valence-corrected chi connectivity index (χ2v) is 14.8. The van der Waals surface area contributed by atoms with Crippen molar-refractivity contribution < 1.29 is 23.9 Å². The Bertz CT molecular complexity index is 1600. The van der Waals surface area contributed by atoms with Crippen molar-refractivity contribution in [2.75, 3.05) is 31.1 Å². The van der Waals surface area contributed by atoms with Gasteiger partial charge in [0.15, 0.2) is 5.60 Å². The maximum atomic E-state index is 13.6. The molecular weight excluding hydrogens is 634 g/mol. The van der Waals surface area contributed by atoms with Crippen LogP contribution in [0.2, 0.25) is 0 Å². The molecule has 1 saturated heterocycles. The summed E-state index contributed by atoms with van der Waals surface area (Å²) in [5, 5.41) is 15.9. The van der Waals surface area contributed by atoms with Crippen LogP contribution in [-0.4, -0.2) is 82.6 Å². The smallest absolute Gasteiger partial charge is 0.407 e. The van der Waals surface area contributed by atoms with Gasteiger partial charge >= 0.3 is 12.1 Å². The van der Waals surface area contributed by atoms with E-state index >= 15 is 0 Å². The molecule has 2 heterocycles. The Balaban J connectivity index is 1.13. The molecule has 1 saturated carbocycles. The molecule has 1 atom stereocenters. The zero-order valence-electron chi connectivity index (χ0n) is 30.3. The molecule has 1 aliphatic heterocycles. The molecular formula is C38H53N7O5. The molecule has 0 bridgehead atoms. The molecule has 4 amide bonds. The Labute approximate surface area is 295 Å². The number of hydrogen-bond donors (Lipinski definition) is 4. The van der Waals surface area contributed by atoms with Gasteiger partial charge in [-0.2, -0.15) is 5.10 Å². The Hall–Kier alpha value is -4.74. The summed E-state index contributed by atoms with van der Waals surface area (Å²) in [5.74, 6) is 0.397. The topological polar surface area (TPSA) is 141 Å². The summed E-state index contributed by atoms with van der Waals surface area (Å²) in [6.07, 6.45) is 7.68. The van der Waals surface area contributed by atoms with Crippen molar-refractivity contribution >= 4 is 23.7 Å². The van der Waals surface area contributed by atoms with Gasteiger partial charge in [0.1, 0.15) is 11.4 Å². The third-order valence-corrected chi connectivity index (χ3v) is 8.95. The van der Waals surface area contributed by atoms with Crippen LogP contribution in [0, 0.1) is 6.92 Å². The molecule has 0 spiro atoms. The number of ether oxygens (including phenoxy) is 2. The average Bonchev–Trinajstić information content (AvgIpc) is 3.75. The molecule has 0 unspecified atom stereocenters. The number of nitrogens with zero attached hydrogens (tertiary/aromatic N) is 3. The number of amides is 4. The Kier molecular flexibility index (Phi) is 11.6. The minimum absolute atomic E-state index is 0.0111. The number of carbonyl (C=O) groups is 3. The summed E-state index contributed by atoms with van der Waals surface area (Å²) in [4.78, 5) is 42.8. The van der Waals surface area contributed by atoms with E-state index in [0.717, 1.165) is 60.2 Å². The maximum absolute atomic E-state index is 13.6. The van der Waals surface area contributed by atoms with Crippen molar-refractivity contribution in [3.05, 3.63) is 66.0 Å². The third kappa shape index (κ3) is 10.1. The molecule has 1 aromatic heterocycles. The highest BCUT2D eigenvalue weighted by Gasteiger charge is 2.35. The minimum Gasteiger partial charge on any atom is -0.478 e. The van der Waals surface area contributed by atoms with Crippen molar-refractivity contribution in [3.63, 3.8) is 0 Å². The highest BCUT2D eigenvalue weighted by molar-refractivity contribution is 5.84. The number of anilines is 1. The molecule has 1 aliphatic carbocycles. The van der Waals surface area contributed by atoms with Gasteiger partial charge in [-0.1, -0.05) is 30.3 Å². The molecule has 2 aromatic carbocycles. The fraction of sp³-hybridized carbons (Fsp3) is 0.526. The fourth-order valence-electron chi connectivity index (χ4n) is 6.12. The maximum Gasteiger partial charge on any atom is 0.407 e. The zero-order chi connectivity index (χ0) is 35.9. The molecule has 5 rings (SSSR count). The summed E-state index contributed by atoms with van der Waals surface area (Å²) in [5.41, 5.74) is 3.52. The summed E-state index contributed by atoms with van der Waals surface area (Å²) in [6.45, 7) is 13.8. The highest BCUT2D eigenvalue weighted by atomic mass is 16.6. The van der Waals surface area contributed by atoms with E-state index < -0.39 is 17.3 Å². The molecule has 2 fully saturated rings. The zero-order valence-corrected chi connectivity index (χ0v) is 30.3. The van der Waals surface area contributed by atoms with Gasteiger partial charge in [-0.3, -0.25) is 9.89 Å². The molecule has 3 aromatic rings. The van der Waals surface area contributed by atoms with Crippen LogP contribution in [0.5, 0.6) is 5.75 Å². The first-order valence-corrected chi connectivity index (χ1v) is 17.7. The van der Waals surface area contributed by atoms with Crippen LogP contribution in [0.1, 0.15) is 77.8 Å². The Morgan fingerprint density at radius 1 is 0.980 bits per heavy atom. The van der Waals surface area contributed by atoms with Crippen LogP contribution in [0.25, 0.3) is 11.1 Å². The largest absolute Gasteiger partial charge is 0.478 e. The molecule has 50 heavy (non-hydrogen) atoms. The van der Waals surface area contributed by atoms with Crippen molar-refractivity contribution in [2.45, 2.75) is 103 Å². The van der Waals surface area contributed by atoms with Gasteiger partial charge in [0.25, 0.3) is 5.91 Å². The lowest BCUT2D eigenvalue weighted by Gasteiger charge is -2.37. The number of rotatable bonds is 13. The normalized spacial score (nSPS) is 16.4. The van der Waals surface area contributed by atoms with Gasteiger partial charge in [0.05, 0.1) is 6.20 Å². The number of benzene rings is 2. The number of urea groups is 1. The van der Waals surface area contributed by atoms with Crippen molar-refractivity contribution in [1.82, 2.24) is 31.0 Å². The second-order valence-electron chi connectivity index (χ2n) is 14.8. The minimum atomic E-state index is -1.12. The summed E-state index contributed by atoms with van der Waals surface area (Å²) in [7, 11) is 0. The van der Waals surface area contributed by atoms with Crippen LogP contribution >= 0.6 is 0 Å². The quantitative estimate of drug-likeness (QED) is 0.164. The van der Waals surface area contributed by atoms with Gasteiger partial charge in [0, 0.05) is 67.8 Å². The molecule has 2 aliphatic rings. The van der Waals surface area contributed by atoms with Gasteiger partial charge in [0.2, 0.25) is 0 Å². The monoisotopic (exact) mass is 687 g/mol. The molecule has 12 heteroatoms. The van der Waals surface area contributed by atoms with E-state index in [2.05, 4.69) is 61.4 Å². The van der Waals surface area contributed by atoms with E-state index in [1.54, 1.807) is 20.0 Å². The first-order valence-electron chi connectivity index (χ1n) is 17.7. The van der Waals surface area contributed by atoms with Crippen LogP contribution < -0.4 is 25.6 Å². The van der Waals surface area contributed by atoms with Gasteiger partial charge in [-0.05, 0) is 96.9 Å². The number of hydrogen-bond acceptors (Lipinski definition) is 7. The number of piperidine rings is 1.